The molecule has 0 N–H and O–H groups in total. The van der Waals surface area contributed by atoms with Crippen molar-refractivity contribution in [3.05, 3.63) is 57.2 Å². The zero-order chi connectivity index (χ0) is 14.7. The molecule has 0 bridgehead atoms. The molecule has 0 unspecified atom stereocenters. The molecule has 2 nitrogen and oxygen atoms in total. The maximum atomic E-state index is 12.1. The van der Waals surface area contributed by atoms with Crippen molar-refractivity contribution in [1.82, 2.24) is 4.98 Å². The van der Waals surface area contributed by atoms with Gasteiger partial charge >= 0.3 is 0 Å². The van der Waals surface area contributed by atoms with Crippen LogP contribution < -0.4 is 0 Å². The van der Waals surface area contributed by atoms with Crippen molar-refractivity contribution >= 4 is 40.7 Å². The third-order valence-corrected chi connectivity index (χ3v) is 4.12. The molecule has 1 aromatic carbocycles. The number of hydrogen-bond donors (Lipinski definition) is 0. The number of ketones is 1. The minimum atomic E-state index is -0.0300. The Bertz CT molecular complexity index is 638. The molecule has 0 radical (unpaired) electrons. The van der Waals surface area contributed by atoms with Gasteiger partial charge in [-0.3, -0.25) is 4.79 Å². The Morgan fingerprint density at radius 1 is 1.20 bits per heavy atom. The number of carbonyl (C=O) groups is 1. The Labute approximate surface area is 132 Å². The molecule has 0 spiro atoms. The average Bonchev–Trinajstić information content (AvgIpc) is 2.35. The van der Waals surface area contributed by atoms with Crippen LogP contribution in [0, 0.1) is 13.8 Å². The summed E-state index contributed by atoms with van der Waals surface area (Å²) in [6, 6.07) is 8.87. The highest BCUT2D eigenvalue weighted by molar-refractivity contribution is 7.99. The highest BCUT2D eigenvalue weighted by atomic mass is 35.5. The average molecular weight is 326 g/mol. The predicted molar refractivity (Wildman–Crippen MR) is 85.2 cm³/mol. The lowest BCUT2D eigenvalue weighted by atomic mass is 10.1. The van der Waals surface area contributed by atoms with Gasteiger partial charge in [0.2, 0.25) is 0 Å². The number of Topliss-reactive ketones (excluding diaryl/α,β-unsaturated/α-hetero) is 1. The standard InChI is InChI=1S/C15H13Cl2NOS/c1-9-5-10(2)18-15(6-9)20-8-14(19)12-4-3-11(16)7-13(12)17/h3-7H,8H2,1-2H3. The largest absolute Gasteiger partial charge is 0.293 e. The van der Waals surface area contributed by atoms with E-state index in [4.69, 9.17) is 23.2 Å². The number of benzene rings is 1. The van der Waals surface area contributed by atoms with Gasteiger partial charge in [-0.25, -0.2) is 4.98 Å². The maximum Gasteiger partial charge on any atom is 0.174 e. The van der Waals surface area contributed by atoms with Gasteiger partial charge in [-0.1, -0.05) is 35.0 Å². The van der Waals surface area contributed by atoms with Gasteiger partial charge in [0.15, 0.2) is 5.78 Å². The molecule has 2 aromatic rings. The number of carbonyl (C=O) groups excluding carboxylic acids is 1. The topological polar surface area (TPSA) is 30.0 Å². The molecule has 0 amide bonds. The van der Waals surface area contributed by atoms with Crippen LogP contribution in [0.4, 0.5) is 0 Å². The molecule has 0 atom stereocenters. The molecule has 5 heteroatoms. The number of rotatable bonds is 4. The first-order valence-electron chi connectivity index (χ1n) is 6.02. The van der Waals surface area contributed by atoms with E-state index in [0.29, 0.717) is 21.4 Å². The first-order chi connectivity index (χ1) is 9.45. The molecule has 0 aliphatic rings. The molecule has 0 aliphatic heterocycles. The lowest BCUT2D eigenvalue weighted by Gasteiger charge is -2.05. The van der Waals surface area contributed by atoms with Gasteiger partial charge < -0.3 is 0 Å². The molecule has 1 aromatic heterocycles. The van der Waals surface area contributed by atoms with Crippen molar-refractivity contribution in [2.75, 3.05) is 5.75 Å². The highest BCUT2D eigenvalue weighted by Crippen LogP contribution is 2.24. The summed E-state index contributed by atoms with van der Waals surface area (Å²) in [4.78, 5) is 16.5. The SMILES string of the molecule is Cc1cc(C)nc(SCC(=O)c2ccc(Cl)cc2Cl)c1. The van der Waals surface area contributed by atoms with Gasteiger partial charge in [0.25, 0.3) is 0 Å². The smallest absolute Gasteiger partial charge is 0.174 e. The highest BCUT2D eigenvalue weighted by Gasteiger charge is 2.12. The molecule has 0 fully saturated rings. The summed E-state index contributed by atoms with van der Waals surface area (Å²) >= 11 is 13.3. The van der Waals surface area contributed by atoms with Gasteiger partial charge in [-0.05, 0) is 49.7 Å². The van der Waals surface area contributed by atoms with Gasteiger partial charge in [0.1, 0.15) is 0 Å². The maximum absolute atomic E-state index is 12.1. The zero-order valence-electron chi connectivity index (χ0n) is 11.1. The summed E-state index contributed by atoms with van der Waals surface area (Å²) in [5.41, 5.74) is 2.58. The molecule has 0 aliphatic carbocycles. The van der Waals surface area contributed by atoms with E-state index < -0.39 is 0 Å². The number of thioether (sulfide) groups is 1. The van der Waals surface area contributed by atoms with Gasteiger partial charge in [-0.2, -0.15) is 0 Å². The summed E-state index contributed by atoms with van der Waals surface area (Å²) in [5, 5.41) is 1.76. The Morgan fingerprint density at radius 2 is 1.95 bits per heavy atom. The molecule has 20 heavy (non-hydrogen) atoms. The van der Waals surface area contributed by atoms with Crippen LogP contribution in [0.3, 0.4) is 0 Å². The van der Waals surface area contributed by atoms with Crippen LogP contribution in [-0.2, 0) is 0 Å². The van der Waals surface area contributed by atoms with E-state index in [9.17, 15) is 4.79 Å². The van der Waals surface area contributed by atoms with Gasteiger partial charge in [0, 0.05) is 16.3 Å². The zero-order valence-corrected chi connectivity index (χ0v) is 13.4. The lowest BCUT2D eigenvalue weighted by Crippen LogP contribution is -2.03. The predicted octanol–water partition coefficient (Wildman–Crippen LogP) is 4.98. The molecule has 1 heterocycles. The first-order valence-corrected chi connectivity index (χ1v) is 7.76. The third kappa shape index (κ3) is 3.98. The fourth-order valence-electron chi connectivity index (χ4n) is 1.81. The van der Waals surface area contributed by atoms with E-state index in [-0.39, 0.29) is 5.78 Å². The molecule has 104 valence electrons. The fourth-order valence-corrected chi connectivity index (χ4v) is 3.24. The summed E-state index contributed by atoms with van der Waals surface area (Å²) < 4.78 is 0. The molecule has 0 saturated heterocycles. The Balaban J connectivity index is 2.08. The second-order valence-electron chi connectivity index (χ2n) is 4.46. The van der Waals surface area contributed by atoms with Gasteiger partial charge in [0.05, 0.1) is 15.8 Å². The molecular weight excluding hydrogens is 313 g/mol. The number of nitrogens with zero attached hydrogens (tertiary/aromatic N) is 1. The number of aromatic nitrogens is 1. The first kappa shape index (κ1) is 15.4. The Hall–Kier alpha value is -1.03. The number of hydrogen-bond acceptors (Lipinski definition) is 3. The monoisotopic (exact) mass is 325 g/mol. The summed E-state index contributed by atoms with van der Waals surface area (Å²) in [7, 11) is 0. The Morgan fingerprint density at radius 3 is 2.60 bits per heavy atom. The van der Waals surface area contributed by atoms with Gasteiger partial charge in [-0.15, -0.1) is 0 Å². The third-order valence-electron chi connectivity index (χ3n) is 2.66. The van der Waals surface area contributed by atoms with Crippen LogP contribution in [0.2, 0.25) is 10.0 Å². The second kappa shape index (κ2) is 6.61. The number of aryl methyl sites for hydroxylation is 2. The van der Waals surface area contributed by atoms with E-state index in [1.807, 2.05) is 26.0 Å². The van der Waals surface area contributed by atoms with Crippen LogP contribution in [0.1, 0.15) is 21.6 Å². The van der Waals surface area contributed by atoms with Crippen LogP contribution in [0.15, 0.2) is 35.4 Å². The quantitative estimate of drug-likeness (QED) is 0.586. The van der Waals surface area contributed by atoms with Crippen LogP contribution >= 0.6 is 35.0 Å². The van der Waals surface area contributed by atoms with Crippen LogP contribution in [0.25, 0.3) is 0 Å². The Kier molecular flexibility index (Phi) is 5.08. The minimum absolute atomic E-state index is 0.0300. The van der Waals surface area contributed by atoms with Crippen molar-refractivity contribution in [1.29, 1.82) is 0 Å². The lowest BCUT2D eigenvalue weighted by molar-refractivity contribution is 0.102. The molecular formula is C15H13Cl2NOS. The summed E-state index contributed by atoms with van der Waals surface area (Å²) in [5.74, 6) is 0.273. The fraction of sp³-hybridized carbons (Fsp3) is 0.200. The van der Waals surface area contributed by atoms with Crippen LogP contribution in [0.5, 0.6) is 0 Å². The molecule has 2 rings (SSSR count). The van der Waals surface area contributed by atoms with E-state index in [0.717, 1.165) is 16.3 Å². The minimum Gasteiger partial charge on any atom is -0.293 e. The summed E-state index contributed by atoms with van der Waals surface area (Å²) in [6.45, 7) is 3.95. The van der Waals surface area contributed by atoms with E-state index in [1.165, 1.54) is 11.8 Å². The van der Waals surface area contributed by atoms with Crippen molar-refractivity contribution in [3.8, 4) is 0 Å². The summed E-state index contributed by atoms with van der Waals surface area (Å²) in [6.07, 6.45) is 0. The van der Waals surface area contributed by atoms with Crippen molar-refractivity contribution < 1.29 is 4.79 Å². The number of halogens is 2. The van der Waals surface area contributed by atoms with Crippen molar-refractivity contribution in [2.24, 2.45) is 0 Å². The van der Waals surface area contributed by atoms with E-state index in [2.05, 4.69) is 4.98 Å². The van der Waals surface area contributed by atoms with Crippen molar-refractivity contribution in [3.63, 3.8) is 0 Å². The number of pyridine rings is 1. The van der Waals surface area contributed by atoms with Crippen molar-refractivity contribution in [2.45, 2.75) is 18.9 Å². The molecule has 0 saturated carbocycles. The van der Waals surface area contributed by atoms with Crippen LogP contribution in [-0.4, -0.2) is 16.5 Å². The van der Waals surface area contributed by atoms with E-state index in [1.54, 1.807) is 18.2 Å². The normalized spacial score (nSPS) is 10.6. The second-order valence-corrected chi connectivity index (χ2v) is 6.30. The van der Waals surface area contributed by atoms with E-state index >= 15 is 0 Å².